The predicted molar refractivity (Wildman–Crippen MR) is 134 cm³/mol. The van der Waals surface area contributed by atoms with Crippen LogP contribution in [0.1, 0.15) is 64.0 Å². The first-order valence-corrected chi connectivity index (χ1v) is 12.5. The topological polar surface area (TPSA) is 67.9 Å². The Labute approximate surface area is 203 Å². The summed E-state index contributed by atoms with van der Waals surface area (Å²) in [4.78, 5) is 28.1. The fraction of sp³-hybridized carbons (Fsp3) is 0.500. The number of aryl methyl sites for hydroxylation is 1. The Bertz CT molecular complexity index is 925. The van der Waals surface area contributed by atoms with Crippen LogP contribution in [0.2, 0.25) is 0 Å². The van der Waals surface area contributed by atoms with E-state index in [9.17, 15) is 9.59 Å². The number of nitrogens with zero attached hydrogens (tertiary/aromatic N) is 1. The maximum absolute atomic E-state index is 13.4. The quantitative estimate of drug-likeness (QED) is 0.483. The van der Waals surface area contributed by atoms with Crippen molar-refractivity contribution in [1.29, 1.82) is 0 Å². The number of hydrogen-bond donors (Lipinski definition) is 1. The van der Waals surface area contributed by atoms with E-state index in [0.29, 0.717) is 44.1 Å². The SMILES string of the molecule is CCOc1ccc(CCC(=O)N(Cc2ccccc2)C(C)C(=O)NC2CCCC2)cc1OCC. The maximum Gasteiger partial charge on any atom is 0.242 e. The van der Waals surface area contributed by atoms with Crippen molar-refractivity contribution in [2.45, 2.75) is 77.9 Å². The van der Waals surface area contributed by atoms with Crippen molar-refractivity contribution in [3.8, 4) is 11.5 Å². The van der Waals surface area contributed by atoms with Gasteiger partial charge in [-0.15, -0.1) is 0 Å². The second kappa shape index (κ2) is 13.0. The molecule has 1 aliphatic rings. The first-order valence-electron chi connectivity index (χ1n) is 12.5. The lowest BCUT2D eigenvalue weighted by molar-refractivity contribution is -0.140. The Kier molecular flexibility index (Phi) is 9.80. The highest BCUT2D eigenvalue weighted by molar-refractivity contribution is 5.87. The zero-order chi connectivity index (χ0) is 24.3. The monoisotopic (exact) mass is 466 g/mol. The third-order valence-corrected chi connectivity index (χ3v) is 6.30. The molecule has 0 radical (unpaired) electrons. The number of benzene rings is 2. The van der Waals surface area contributed by atoms with Gasteiger partial charge in [0.15, 0.2) is 11.5 Å². The van der Waals surface area contributed by atoms with Gasteiger partial charge in [0.1, 0.15) is 6.04 Å². The summed E-state index contributed by atoms with van der Waals surface area (Å²) in [6, 6.07) is 15.3. The Balaban J connectivity index is 1.70. The zero-order valence-corrected chi connectivity index (χ0v) is 20.7. The molecule has 0 bridgehead atoms. The van der Waals surface area contributed by atoms with Crippen LogP contribution in [-0.4, -0.2) is 42.0 Å². The molecule has 0 spiro atoms. The molecule has 2 aromatic rings. The number of rotatable bonds is 12. The predicted octanol–water partition coefficient (Wildman–Crippen LogP) is 4.89. The molecule has 0 aromatic heterocycles. The van der Waals surface area contributed by atoms with E-state index >= 15 is 0 Å². The van der Waals surface area contributed by atoms with Crippen LogP contribution in [0.15, 0.2) is 48.5 Å². The molecule has 0 saturated heterocycles. The smallest absolute Gasteiger partial charge is 0.242 e. The molecule has 1 unspecified atom stereocenters. The van der Waals surface area contributed by atoms with Crippen LogP contribution >= 0.6 is 0 Å². The van der Waals surface area contributed by atoms with E-state index in [-0.39, 0.29) is 17.9 Å². The first-order chi connectivity index (χ1) is 16.5. The molecule has 2 amide bonds. The van der Waals surface area contributed by atoms with E-state index in [2.05, 4.69) is 5.32 Å². The third kappa shape index (κ3) is 7.24. The summed E-state index contributed by atoms with van der Waals surface area (Å²) in [7, 11) is 0. The largest absolute Gasteiger partial charge is 0.490 e. The average molecular weight is 467 g/mol. The molecule has 6 nitrogen and oxygen atoms in total. The summed E-state index contributed by atoms with van der Waals surface area (Å²) >= 11 is 0. The third-order valence-electron chi connectivity index (χ3n) is 6.30. The van der Waals surface area contributed by atoms with E-state index in [1.807, 2.05) is 69.3 Å². The molecule has 0 heterocycles. The molecule has 184 valence electrons. The summed E-state index contributed by atoms with van der Waals surface area (Å²) in [5.74, 6) is 1.29. The van der Waals surface area contributed by atoms with Gasteiger partial charge >= 0.3 is 0 Å². The second-order valence-corrected chi connectivity index (χ2v) is 8.82. The molecule has 1 aliphatic carbocycles. The van der Waals surface area contributed by atoms with Crippen molar-refractivity contribution in [1.82, 2.24) is 10.2 Å². The summed E-state index contributed by atoms with van der Waals surface area (Å²) < 4.78 is 11.4. The van der Waals surface area contributed by atoms with Crippen molar-refractivity contribution in [2.24, 2.45) is 0 Å². The molecule has 1 atom stereocenters. The van der Waals surface area contributed by atoms with Crippen molar-refractivity contribution in [2.75, 3.05) is 13.2 Å². The van der Waals surface area contributed by atoms with Crippen molar-refractivity contribution < 1.29 is 19.1 Å². The number of carbonyl (C=O) groups is 2. The summed E-state index contributed by atoms with van der Waals surface area (Å²) in [5, 5.41) is 3.15. The minimum atomic E-state index is -0.535. The van der Waals surface area contributed by atoms with Crippen LogP contribution in [0.5, 0.6) is 11.5 Å². The van der Waals surface area contributed by atoms with Crippen LogP contribution < -0.4 is 14.8 Å². The van der Waals surface area contributed by atoms with Crippen LogP contribution in [0.4, 0.5) is 0 Å². The lowest BCUT2D eigenvalue weighted by Gasteiger charge is -2.30. The second-order valence-electron chi connectivity index (χ2n) is 8.82. The van der Waals surface area contributed by atoms with Crippen molar-refractivity contribution in [3.63, 3.8) is 0 Å². The summed E-state index contributed by atoms with van der Waals surface area (Å²) in [6.07, 6.45) is 5.21. The highest BCUT2D eigenvalue weighted by atomic mass is 16.5. The maximum atomic E-state index is 13.4. The molecule has 3 rings (SSSR count). The van der Waals surface area contributed by atoms with Gasteiger partial charge in [0, 0.05) is 19.0 Å². The van der Waals surface area contributed by atoms with Gasteiger partial charge in [-0.05, 0) is 63.3 Å². The summed E-state index contributed by atoms with van der Waals surface area (Å²) in [5.41, 5.74) is 2.01. The van der Waals surface area contributed by atoms with Gasteiger partial charge in [0.2, 0.25) is 11.8 Å². The van der Waals surface area contributed by atoms with E-state index in [1.54, 1.807) is 4.90 Å². The zero-order valence-electron chi connectivity index (χ0n) is 20.7. The van der Waals surface area contributed by atoms with Crippen LogP contribution in [0, 0.1) is 0 Å². The van der Waals surface area contributed by atoms with Gasteiger partial charge in [-0.2, -0.15) is 0 Å². The van der Waals surface area contributed by atoms with Gasteiger partial charge < -0.3 is 19.7 Å². The molecular formula is C28H38N2O4. The summed E-state index contributed by atoms with van der Waals surface area (Å²) in [6.45, 7) is 7.22. The van der Waals surface area contributed by atoms with Gasteiger partial charge in [0.25, 0.3) is 0 Å². The van der Waals surface area contributed by atoms with Gasteiger partial charge in [-0.3, -0.25) is 9.59 Å². The van der Waals surface area contributed by atoms with Crippen LogP contribution in [0.3, 0.4) is 0 Å². The molecule has 2 aromatic carbocycles. The lowest BCUT2D eigenvalue weighted by atomic mass is 10.1. The Hall–Kier alpha value is -3.02. The van der Waals surface area contributed by atoms with Crippen molar-refractivity contribution >= 4 is 11.8 Å². The van der Waals surface area contributed by atoms with Gasteiger partial charge in [0.05, 0.1) is 13.2 Å². The van der Waals surface area contributed by atoms with Gasteiger partial charge in [-0.1, -0.05) is 49.2 Å². The number of nitrogens with one attached hydrogen (secondary N) is 1. The van der Waals surface area contributed by atoms with E-state index in [4.69, 9.17) is 9.47 Å². The highest BCUT2D eigenvalue weighted by Crippen LogP contribution is 2.29. The fourth-order valence-corrected chi connectivity index (χ4v) is 4.40. The van der Waals surface area contributed by atoms with Crippen LogP contribution in [0.25, 0.3) is 0 Å². The number of carbonyl (C=O) groups excluding carboxylic acids is 2. The Morgan fingerprint density at radius 1 is 0.971 bits per heavy atom. The van der Waals surface area contributed by atoms with E-state index in [0.717, 1.165) is 36.8 Å². The average Bonchev–Trinajstić information content (AvgIpc) is 3.36. The van der Waals surface area contributed by atoms with E-state index < -0.39 is 6.04 Å². The fourth-order valence-electron chi connectivity index (χ4n) is 4.40. The molecular weight excluding hydrogens is 428 g/mol. The number of ether oxygens (including phenoxy) is 2. The lowest BCUT2D eigenvalue weighted by Crippen LogP contribution is -2.49. The molecule has 1 fully saturated rings. The van der Waals surface area contributed by atoms with Crippen molar-refractivity contribution in [3.05, 3.63) is 59.7 Å². The minimum Gasteiger partial charge on any atom is -0.490 e. The van der Waals surface area contributed by atoms with E-state index in [1.165, 1.54) is 0 Å². The molecule has 1 N–H and O–H groups in total. The molecule has 34 heavy (non-hydrogen) atoms. The standard InChI is InChI=1S/C28H38N2O4/c1-4-33-25-17-15-22(19-26(25)34-5-2)16-18-27(31)30(20-23-11-7-6-8-12-23)21(3)28(32)29-24-13-9-10-14-24/h6-8,11-12,15,17,19,21,24H,4-5,9-10,13-14,16,18,20H2,1-3H3,(H,29,32). The molecule has 0 aliphatic heterocycles. The van der Waals surface area contributed by atoms with Crippen LogP contribution in [-0.2, 0) is 22.6 Å². The first kappa shape index (κ1) is 25.6. The Morgan fingerprint density at radius 3 is 2.32 bits per heavy atom. The van der Waals surface area contributed by atoms with Gasteiger partial charge in [-0.25, -0.2) is 0 Å². The minimum absolute atomic E-state index is 0.0373. The molecule has 6 heteroatoms. The number of amides is 2. The number of hydrogen-bond acceptors (Lipinski definition) is 4. The Morgan fingerprint density at radius 2 is 1.65 bits per heavy atom. The molecule has 1 saturated carbocycles. The highest BCUT2D eigenvalue weighted by Gasteiger charge is 2.28. The normalized spacial score (nSPS) is 14.4.